The molecule has 1 saturated heterocycles. The average Bonchev–Trinajstić information content (AvgIpc) is 2.68. The van der Waals surface area contributed by atoms with Crippen LogP contribution in [0.15, 0.2) is 42.7 Å². The number of carbonyl (C=O) groups is 2. The topological polar surface area (TPSA) is 80.8 Å². The van der Waals surface area contributed by atoms with E-state index in [4.69, 9.17) is 9.47 Å². The largest absolute Gasteiger partial charge is 0.495 e. The minimum absolute atomic E-state index is 0.150. The predicted octanol–water partition coefficient (Wildman–Crippen LogP) is 1.81. The van der Waals surface area contributed by atoms with Crippen LogP contribution in [0.4, 0.5) is 5.69 Å². The summed E-state index contributed by atoms with van der Waals surface area (Å²) in [4.78, 5) is 30.7. The molecule has 1 aliphatic heterocycles. The smallest absolute Gasteiger partial charge is 0.257 e. The van der Waals surface area contributed by atoms with E-state index in [1.165, 1.54) is 19.5 Å². The molecule has 1 aromatic heterocycles. The summed E-state index contributed by atoms with van der Waals surface area (Å²) >= 11 is 0. The number of benzene rings is 1. The van der Waals surface area contributed by atoms with E-state index < -0.39 is 0 Å². The second-order valence-electron chi connectivity index (χ2n) is 5.52. The van der Waals surface area contributed by atoms with Crippen molar-refractivity contribution in [3.63, 3.8) is 0 Å². The van der Waals surface area contributed by atoms with E-state index in [0.29, 0.717) is 48.9 Å². The lowest BCUT2D eigenvalue weighted by molar-refractivity contribution is 0.0302. The number of pyridine rings is 1. The van der Waals surface area contributed by atoms with Gasteiger partial charge in [-0.25, -0.2) is 0 Å². The third-order valence-electron chi connectivity index (χ3n) is 3.90. The van der Waals surface area contributed by atoms with Crippen molar-refractivity contribution >= 4 is 17.5 Å². The molecule has 0 saturated carbocycles. The van der Waals surface area contributed by atoms with E-state index in [0.717, 1.165) is 0 Å². The van der Waals surface area contributed by atoms with Crippen LogP contribution in [0.1, 0.15) is 20.7 Å². The first-order chi connectivity index (χ1) is 12.2. The molecule has 7 nitrogen and oxygen atoms in total. The molecule has 2 heterocycles. The summed E-state index contributed by atoms with van der Waals surface area (Å²) in [5.74, 6) is 0.0562. The summed E-state index contributed by atoms with van der Waals surface area (Å²) in [6, 6.07) is 8.67. The van der Waals surface area contributed by atoms with Gasteiger partial charge in [0.15, 0.2) is 0 Å². The molecule has 25 heavy (non-hydrogen) atoms. The van der Waals surface area contributed by atoms with Gasteiger partial charge in [0, 0.05) is 25.5 Å². The van der Waals surface area contributed by atoms with Crippen LogP contribution < -0.4 is 10.1 Å². The number of morpholine rings is 1. The number of para-hydroxylation sites is 2. The van der Waals surface area contributed by atoms with Gasteiger partial charge < -0.3 is 19.7 Å². The Balaban J connectivity index is 1.76. The number of hydrogen-bond donors (Lipinski definition) is 1. The number of hydrogen-bond acceptors (Lipinski definition) is 5. The fraction of sp³-hybridized carbons (Fsp3) is 0.278. The highest BCUT2D eigenvalue weighted by Gasteiger charge is 2.20. The highest BCUT2D eigenvalue weighted by molar-refractivity contribution is 6.06. The SMILES string of the molecule is COc1ccccc1NC(=O)c1cncc(C(=O)N2CCOCC2)c1. The van der Waals surface area contributed by atoms with Gasteiger partial charge in [0.1, 0.15) is 5.75 Å². The van der Waals surface area contributed by atoms with Crippen molar-refractivity contribution in [1.29, 1.82) is 0 Å². The van der Waals surface area contributed by atoms with Gasteiger partial charge in [0.2, 0.25) is 0 Å². The minimum atomic E-state index is -0.353. The number of anilines is 1. The van der Waals surface area contributed by atoms with E-state index in [2.05, 4.69) is 10.3 Å². The van der Waals surface area contributed by atoms with Crippen molar-refractivity contribution in [2.24, 2.45) is 0 Å². The first-order valence-electron chi connectivity index (χ1n) is 7.95. The van der Waals surface area contributed by atoms with Crippen molar-refractivity contribution < 1.29 is 19.1 Å². The molecule has 0 radical (unpaired) electrons. The molecule has 2 aromatic rings. The minimum Gasteiger partial charge on any atom is -0.495 e. The summed E-state index contributed by atoms with van der Waals surface area (Å²) in [6.07, 6.45) is 2.90. The van der Waals surface area contributed by atoms with Gasteiger partial charge in [-0.05, 0) is 18.2 Å². The molecule has 1 N–H and O–H groups in total. The van der Waals surface area contributed by atoms with Gasteiger partial charge in [-0.1, -0.05) is 12.1 Å². The van der Waals surface area contributed by atoms with Crippen LogP contribution in [-0.2, 0) is 4.74 Å². The predicted molar refractivity (Wildman–Crippen MR) is 91.9 cm³/mol. The lowest BCUT2D eigenvalue weighted by Gasteiger charge is -2.26. The van der Waals surface area contributed by atoms with Gasteiger partial charge in [-0.15, -0.1) is 0 Å². The lowest BCUT2D eigenvalue weighted by Crippen LogP contribution is -2.40. The van der Waals surface area contributed by atoms with Crippen molar-refractivity contribution in [3.8, 4) is 5.75 Å². The van der Waals surface area contributed by atoms with Crippen LogP contribution in [0.5, 0.6) is 5.75 Å². The summed E-state index contributed by atoms with van der Waals surface area (Å²) in [5.41, 5.74) is 1.25. The molecular formula is C18H19N3O4. The Hall–Kier alpha value is -2.93. The number of nitrogens with one attached hydrogen (secondary N) is 1. The average molecular weight is 341 g/mol. The van der Waals surface area contributed by atoms with Crippen molar-refractivity contribution in [3.05, 3.63) is 53.9 Å². The number of methoxy groups -OCH3 is 1. The Bertz CT molecular complexity index is 772. The number of aromatic nitrogens is 1. The number of rotatable bonds is 4. The third kappa shape index (κ3) is 3.95. The van der Waals surface area contributed by atoms with Gasteiger partial charge in [-0.2, -0.15) is 0 Å². The first kappa shape index (κ1) is 16.9. The van der Waals surface area contributed by atoms with E-state index in [9.17, 15) is 9.59 Å². The Morgan fingerprint density at radius 3 is 2.64 bits per heavy atom. The maximum atomic E-state index is 12.5. The molecule has 130 valence electrons. The standard InChI is InChI=1S/C18H19N3O4/c1-24-16-5-3-2-4-15(16)20-17(22)13-10-14(12-19-11-13)18(23)21-6-8-25-9-7-21/h2-5,10-12H,6-9H2,1H3,(H,20,22). The Labute approximate surface area is 145 Å². The molecule has 2 amide bonds. The highest BCUT2D eigenvalue weighted by atomic mass is 16.5. The zero-order chi connectivity index (χ0) is 17.6. The van der Waals surface area contributed by atoms with Crippen LogP contribution in [0.3, 0.4) is 0 Å². The van der Waals surface area contributed by atoms with Gasteiger partial charge in [0.25, 0.3) is 11.8 Å². The maximum Gasteiger partial charge on any atom is 0.257 e. The fourth-order valence-electron chi connectivity index (χ4n) is 2.57. The van der Waals surface area contributed by atoms with E-state index in [1.807, 2.05) is 6.07 Å². The number of amides is 2. The van der Waals surface area contributed by atoms with Gasteiger partial charge in [-0.3, -0.25) is 14.6 Å². The molecule has 7 heteroatoms. The monoisotopic (exact) mass is 341 g/mol. The van der Waals surface area contributed by atoms with E-state index >= 15 is 0 Å². The van der Waals surface area contributed by atoms with Crippen molar-refractivity contribution in [2.45, 2.75) is 0 Å². The molecule has 1 aromatic carbocycles. The molecule has 1 aliphatic rings. The van der Waals surface area contributed by atoms with Crippen molar-refractivity contribution in [2.75, 3.05) is 38.7 Å². The summed E-state index contributed by atoms with van der Waals surface area (Å²) < 4.78 is 10.5. The molecule has 0 spiro atoms. The second-order valence-corrected chi connectivity index (χ2v) is 5.52. The quantitative estimate of drug-likeness (QED) is 0.917. The van der Waals surface area contributed by atoms with Crippen molar-refractivity contribution in [1.82, 2.24) is 9.88 Å². The summed E-state index contributed by atoms with van der Waals surface area (Å²) in [6.45, 7) is 2.12. The second kappa shape index (κ2) is 7.76. The number of carbonyl (C=O) groups excluding carboxylic acids is 2. The number of nitrogens with zero attached hydrogens (tertiary/aromatic N) is 2. The Morgan fingerprint density at radius 1 is 1.16 bits per heavy atom. The molecule has 0 unspecified atom stereocenters. The van der Waals surface area contributed by atoms with Crippen LogP contribution in [0, 0.1) is 0 Å². The van der Waals surface area contributed by atoms with Crippen LogP contribution in [0.25, 0.3) is 0 Å². The normalized spacial score (nSPS) is 14.0. The van der Waals surface area contributed by atoms with E-state index in [1.54, 1.807) is 29.2 Å². The molecule has 0 aliphatic carbocycles. The zero-order valence-corrected chi connectivity index (χ0v) is 13.9. The third-order valence-corrected chi connectivity index (χ3v) is 3.90. The Morgan fingerprint density at radius 2 is 1.88 bits per heavy atom. The lowest BCUT2D eigenvalue weighted by atomic mass is 10.1. The van der Waals surface area contributed by atoms with Gasteiger partial charge >= 0.3 is 0 Å². The zero-order valence-electron chi connectivity index (χ0n) is 13.9. The molecule has 1 fully saturated rings. The summed E-state index contributed by atoms with van der Waals surface area (Å²) in [5, 5.41) is 2.77. The van der Waals surface area contributed by atoms with E-state index in [-0.39, 0.29) is 11.8 Å². The molecule has 3 rings (SSSR count). The van der Waals surface area contributed by atoms with Crippen LogP contribution >= 0.6 is 0 Å². The number of ether oxygens (including phenoxy) is 2. The first-order valence-corrected chi connectivity index (χ1v) is 7.95. The van der Waals surface area contributed by atoms with Gasteiger partial charge in [0.05, 0.1) is 37.1 Å². The Kier molecular flexibility index (Phi) is 5.25. The molecular weight excluding hydrogens is 322 g/mol. The molecule has 0 bridgehead atoms. The van der Waals surface area contributed by atoms with Crippen LogP contribution in [0.2, 0.25) is 0 Å². The maximum absolute atomic E-state index is 12.5. The summed E-state index contributed by atoms with van der Waals surface area (Å²) in [7, 11) is 1.54. The fourth-order valence-corrected chi connectivity index (χ4v) is 2.57. The molecule has 0 atom stereocenters. The highest BCUT2D eigenvalue weighted by Crippen LogP contribution is 2.23. The van der Waals surface area contributed by atoms with Crippen LogP contribution in [-0.4, -0.2) is 55.1 Å².